The SMILES string of the molecule is c1cc(-c2ccc3cc4ncccc4cc3n2)cc(N(c2cccc(-c3ccc4cc5ncccc5cc4n3)c2)c2cccc(-c3ccc4cc5ncccc5cc4n3)c2)c1. The Kier molecular flexibility index (Phi) is 8.03. The van der Waals surface area contributed by atoms with Crippen molar-refractivity contribution in [3.63, 3.8) is 0 Å². The Hall–Kier alpha value is -8.42. The highest BCUT2D eigenvalue weighted by molar-refractivity contribution is 5.98. The standard InChI is InChI=1S/C54H33N7/c1-7-34(46-19-16-40-28-49-37(10-4-22-55-49)31-52(40)58-46)25-43(13-1)61(44-14-2-8-35(26-44)47-20-17-41-29-50-38(11-5-23-56-50)32-53(41)59-47)45-15-3-9-36(27-45)48-21-18-42-30-51-39(12-6-24-57-51)33-54(42)60-48/h1-33H. The lowest BCUT2D eigenvalue weighted by molar-refractivity contribution is 1.27. The van der Waals surface area contributed by atoms with E-state index in [0.29, 0.717) is 0 Å². The first-order valence-electron chi connectivity index (χ1n) is 20.2. The molecule has 0 aliphatic carbocycles. The summed E-state index contributed by atoms with van der Waals surface area (Å²) in [4.78, 5) is 31.5. The monoisotopic (exact) mass is 779 g/mol. The van der Waals surface area contributed by atoms with E-state index in [1.165, 1.54) is 0 Å². The van der Waals surface area contributed by atoms with Crippen LogP contribution in [0.15, 0.2) is 201 Å². The normalized spacial score (nSPS) is 11.6. The molecule has 0 atom stereocenters. The molecule has 0 spiro atoms. The van der Waals surface area contributed by atoms with Crippen LogP contribution < -0.4 is 4.90 Å². The van der Waals surface area contributed by atoms with Crippen molar-refractivity contribution < 1.29 is 0 Å². The topological polar surface area (TPSA) is 80.6 Å². The average molecular weight is 780 g/mol. The summed E-state index contributed by atoms with van der Waals surface area (Å²) >= 11 is 0. The van der Waals surface area contributed by atoms with Gasteiger partial charge in [-0.3, -0.25) is 15.0 Å². The molecule has 0 fully saturated rings. The summed E-state index contributed by atoms with van der Waals surface area (Å²) in [5, 5.41) is 6.37. The van der Waals surface area contributed by atoms with Gasteiger partial charge in [0.05, 0.1) is 50.2 Å². The molecule has 6 aromatic heterocycles. The van der Waals surface area contributed by atoms with Crippen molar-refractivity contribution in [2.45, 2.75) is 0 Å². The number of hydrogen-bond donors (Lipinski definition) is 0. The molecule has 12 aromatic rings. The zero-order valence-electron chi connectivity index (χ0n) is 32.7. The summed E-state index contributed by atoms with van der Waals surface area (Å²) in [5.41, 5.74) is 14.4. The molecule has 6 heterocycles. The van der Waals surface area contributed by atoms with E-state index < -0.39 is 0 Å². The number of aromatic nitrogens is 6. The van der Waals surface area contributed by atoms with Gasteiger partial charge >= 0.3 is 0 Å². The fourth-order valence-corrected chi connectivity index (χ4v) is 8.41. The van der Waals surface area contributed by atoms with Crippen molar-refractivity contribution in [2.24, 2.45) is 0 Å². The first-order chi connectivity index (χ1) is 30.1. The van der Waals surface area contributed by atoms with Gasteiger partial charge in [-0.25, -0.2) is 15.0 Å². The lowest BCUT2D eigenvalue weighted by Gasteiger charge is -2.27. The zero-order chi connectivity index (χ0) is 40.3. The molecule has 0 bridgehead atoms. The summed E-state index contributed by atoms with van der Waals surface area (Å²) in [7, 11) is 0. The van der Waals surface area contributed by atoms with Crippen LogP contribution in [0, 0.1) is 0 Å². The van der Waals surface area contributed by atoms with E-state index in [4.69, 9.17) is 15.0 Å². The van der Waals surface area contributed by atoms with Crippen LogP contribution in [0.25, 0.3) is 99.2 Å². The summed E-state index contributed by atoms with van der Waals surface area (Å²) in [6.07, 6.45) is 5.48. The molecule has 7 nitrogen and oxygen atoms in total. The van der Waals surface area contributed by atoms with Crippen molar-refractivity contribution in [3.05, 3.63) is 201 Å². The van der Waals surface area contributed by atoms with E-state index in [-0.39, 0.29) is 0 Å². The largest absolute Gasteiger partial charge is 0.310 e. The van der Waals surface area contributed by atoms with Gasteiger partial charge in [-0.2, -0.15) is 0 Å². The van der Waals surface area contributed by atoms with Crippen LogP contribution in [0.2, 0.25) is 0 Å². The Labute approximate surface area is 350 Å². The highest BCUT2D eigenvalue weighted by atomic mass is 15.1. The number of rotatable bonds is 6. The van der Waals surface area contributed by atoms with Gasteiger partial charge in [-0.1, -0.05) is 72.8 Å². The average Bonchev–Trinajstić information content (AvgIpc) is 3.32. The summed E-state index contributed by atoms with van der Waals surface area (Å²) < 4.78 is 0. The molecule has 6 aromatic carbocycles. The summed E-state index contributed by atoms with van der Waals surface area (Å²) in [5.74, 6) is 0. The van der Waals surface area contributed by atoms with Crippen molar-refractivity contribution >= 4 is 82.5 Å². The smallest absolute Gasteiger partial charge is 0.0717 e. The maximum absolute atomic E-state index is 5.17. The summed E-state index contributed by atoms with van der Waals surface area (Å²) in [6, 6.07) is 63.3. The lowest BCUT2D eigenvalue weighted by atomic mass is 10.0. The third-order valence-electron chi connectivity index (χ3n) is 11.4. The van der Waals surface area contributed by atoms with E-state index in [1.807, 2.05) is 36.8 Å². The predicted molar refractivity (Wildman–Crippen MR) is 249 cm³/mol. The Morgan fingerprint density at radius 2 is 0.574 bits per heavy atom. The molecule has 0 unspecified atom stereocenters. The van der Waals surface area contributed by atoms with Gasteiger partial charge in [0.25, 0.3) is 0 Å². The molecule has 0 saturated carbocycles. The molecule has 0 aliphatic rings. The molecule has 0 aliphatic heterocycles. The van der Waals surface area contributed by atoms with Gasteiger partial charge in [0.15, 0.2) is 0 Å². The third-order valence-corrected chi connectivity index (χ3v) is 11.4. The quantitative estimate of drug-likeness (QED) is 0.155. The van der Waals surface area contributed by atoms with Crippen LogP contribution >= 0.6 is 0 Å². The molecule has 0 saturated heterocycles. The van der Waals surface area contributed by atoms with Crippen molar-refractivity contribution in [1.29, 1.82) is 0 Å². The minimum atomic E-state index is 0.895. The number of benzene rings is 6. The molecule has 61 heavy (non-hydrogen) atoms. The molecule has 0 N–H and O–H groups in total. The first-order valence-corrected chi connectivity index (χ1v) is 20.2. The second-order valence-corrected chi connectivity index (χ2v) is 15.3. The molecular weight excluding hydrogens is 747 g/mol. The Bertz CT molecular complexity index is 3310. The molecular formula is C54H33N7. The predicted octanol–water partition coefficient (Wildman–Crippen LogP) is 13.4. The maximum atomic E-state index is 5.17. The van der Waals surface area contributed by atoms with Crippen LogP contribution in [-0.4, -0.2) is 29.9 Å². The molecule has 7 heteroatoms. The van der Waals surface area contributed by atoms with Crippen LogP contribution in [0.1, 0.15) is 0 Å². The van der Waals surface area contributed by atoms with Crippen LogP contribution in [0.4, 0.5) is 17.1 Å². The van der Waals surface area contributed by atoms with E-state index in [9.17, 15) is 0 Å². The molecule has 284 valence electrons. The number of nitrogens with zero attached hydrogens (tertiary/aromatic N) is 7. The number of pyridine rings is 6. The second kappa shape index (κ2) is 14.1. The van der Waals surface area contributed by atoms with E-state index >= 15 is 0 Å². The Morgan fingerprint density at radius 1 is 0.262 bits per heavy atom. The van der Waals surface area contributed by atoms with Crippen molar-refractivity contribution in [3.8, 4) is 33.8 Å². The van der Waals surface area contributed by atoms with Crippen LogP contribution in [0.3, 0.4) is 0 Å². The molecule has 0 radical (unpaired) electrons. The summed E-state index contributed by atoms with van der Waals surface area (Å²) in [6.45, 7) is 0. The van der Waals surface area contributed by atoms with E-state index in [1.54, 1.807) is 0 Å². The second-order valence-electron chi connectivity index (χ2n) is 15.3. The number of fused-ring (bicyclic) bond motifs is 6. The lowest BCUT2D eigenvalue weighted by Crippen LogP contribution is -2.10. The Morgan fingerprint density at radius 3 is 0.918 bits per heavy atom. The first kappa shape index (κ1) is 34.6. The van der Waals surface area contributed by atoms with E-state index in [2.05, 4.69) is 184 Å². The zero-order valence-corrected chi connectivity index (χ0v) is 32.7. The van der Waals surface area contributed by atoms with Gasteiger partial charge in [0.2, 0.25) is 0 Å². The maximum Gasteiger partial charge on any atom is 0.0717 e. The number of hydrogen-bond acceptors (Lipinski definition) is 7. The fourth-order valence-electron chi connectivity index (χ4n) is 8.41. The molecule has 0 amide bonds. The van der Waals surface area contributed by atoms with Crippen molar-refractivity contribution in [1.82, 2.24) is 29.9 Å². The van der Waals surface area contributed by atoms with Gasteiger partial charge in [-0.05, 0) is 109 Å². The van der Waals surface area contributed by atoms with Crippen LogP contribution in [0.5, 0.6) is 0 Å². The van der Waals surface area contributed by atoms with Gasteiger partial charge in [-0.15, -0.1) is 0 Å². The minimum absolute atomic E-state index is 0.895. The van der Waals surface area contributed by atoms with Gasteiger partial charge in [0, 0.05) is 84.7 Å². The third kappa shape index (κ3) is 6.33. The minimum Gasteiger partial charge on any atom is -0.310 e. The van der Waals surface area contributed by atoms with E-state index in [0.717, 1.165) is 116 Å². The highest BCUT2D eigenvalue weighted by Crippen LogP contribution is 2.40. The van der Waals surface area contributed by atoms with Gasteiger partial charge < -0.3 is 4.90 Å². The van der Waals surface area contributed by atoms with Gasteiger partial charge in [0.1, 0.15) is 0 Å². The Balaban J connectivity index is 0.988. The van der Waals surface area contributed by atoms with Crippen molar-refractivity contribution in [2.75, 3.05) is 4.90 Å². The fraction of sp³-hybridized carbons (Fsp3) is 0. The molecule has 12 rings (SSSR count). The van der Waals surface area contributed by atoms with Crippen LogP contribution in [-0.2, 0) is 0 Å². The highest BCUT2D eigenvalue weighted by Gasteiger charge is 2.17. The number of anilines is 3.